The Morgan fingerprint density at radius 1 is 0.958 bits per heavy atom. The van der Waals surface area contributed by atoms with Crippen LogP contribution >= 0.6 is 20.2 Å². The van der Waals surface area contributed by atoms with Gasteiger partial charge in [-0.1, -0.05) is 0 Å². The molecule has 132 valence electrons. The second-order valence-electron chi connectivity index (χ2n) is 5.22. The average molecular weight is 472 g/mol. The summed E-state index contributed by atoms with van der Waals surface area (Å²) in [6.07, 6.45) is 0. The van der Waals surface area contributed by atoms with Gasteiger partial charge in [-0.05, 0) is 0 Å². The van der Waals surface area contributed by atoms with E-state index < -0.39 is 35.9 Å². The fourth-order valence-electron chi connectivity index (χ4n) is 2.26. The summed E-state index contributed by atoms with van der Waals surface area (Å²) in [5.41, 5.74) is -3.02. The van der Waals surface area contributed by atoms with E-state index in [4.69, 9.17) is 2.51 Å². The Hall–Kier alpha value is -1.13. The number of rotatable bonds is 4. The second kappa shape index (κ2) is 7.01. The molecule has 2 aromatic rings. The van der Waals surface area contributed by atoms with Crippen LogP contribution in [0.4, 0.5) is 13.2 Å². The van der Waals surface area contributed by atoms with Crippen molar-refractivity contribution in [2.24, 2.45) is 0 Å². The van der Waals surface area contributed by atoms with Crippen LogP contribution in [0.15, 0.2) is 42.5 Å². The molecule has 0 spiro atoms. The normalized spacial score (nSPS) is 13.0. The van der Waals surface area contributed by atoms with E-state index in [2.05, 4.69) is 0 Å². The Labute approximate surface area is 146 Å². The summed E-state index contributed by atoms with van der Waals surface area (Å²) in [4.78, 5) is 0. The fourth-order valence-corrected chi connectivity index (χ4v) is 9.37. The third-order valence-corrected chi connectivity index (χ3v) is 11.0. The molecular weight excluding hydrogens is 456 g/mol. The molecule has 2 rings (SSSR count). The van der Waals surface area contributed by atoms with Gasteiger partial charge in [0.05, 0.1) is 0 Å². The van der Waals surface area contributed by atoms with Crippen molar-refractivity contribution in [3.8, 4) is 0 Å². The minimum atomic E-state index is -5.67. The summed E-state index contributed by atoms with van der Waals surface area (Å²) in [5.74, 6) is 0. The molecular formula is C16H16F3IO3S. The first-order chi connectivity index (χ1) is 11.0. The zero-order valence-corrected chi connectivity index (χ0v) is 16.2. The van der Waals surface area contributed by atoms with Crippen LogP contribution in [0.5, 0.6) is 0 Å². The van der Waals surface area contributed by atoms with E-state index in [0.717, 1.165) is 16.7 Å². The molecule has 3 nitrogen and oxygen atoms in total. The summed E-state index contributed by atoms with van der Waals surface area (Å²) in [7, 11) is -5.67. The summed E-state index contributed by atoms with van der Waals surface area (Å²) in [6, 6.07) is 11.9. The van der Waals surface area contributed by atoms with E-state index >= 15 is 0 Å². The summed E-state index contributed by atoms with van der Waals surface area (Å²) in [5, 5.41) is 0. The first-order valence-corrected chi connectivity index (χ1v) is 11.3. The average Bonchev–Trinajstić information content (AvgIpc) is 2.44. The molecule has 0 aliphatic carbocycles. The van der Waals surface area contributed by atoms with E-state index in [1.54, 1.807) is 44.2 Å². The van der Waals surface area contributed by atoms with Crippen molar-refractivity contribution in [3.63, 3.8) is 0 Å². The van der Waals surface area contributed by atoms with Crippen molar-refractivity contribution in [2.45, 2.75) is 26.3 Å². The van der Waals surface area contributed by atoms with Crippen molar-refractivity contribution in [1.82, 2.24) is 0 Å². The topological polar surface area (TPSA) is 43.4 Å². The van der Waals surface area contributed by atoms with Gasteiger partial charge in [-0.15, -0.1) is 0 Å². The summed E-state index contributed by atoms with van der Waals surface area (Å²) >= 11 is -3.30. The summed E-state index contributed by atoms with van der Waals surface area (Å²) in [6.45, 7) is 5.39. The van der Waals surface area contributed by atoms with Gasteiger partial charge in [-0.2, -0.15) is 0 Å². The van der Waals surface area contributed by atoms with Gasteiger partial charge in [0, 0.05) is 0 Å². The van der Waals surface area contributed by atoms with E-state index in [1.165, 1.54) is 0 Å². The molecule has 0 heterocycles. The zero-order chi connectivity index (χ0) is 18.1. The molecule has 0 aromatic heterocycles. The molecule has 0 saturated heterocycles. The van der Waals surface area contributed by atoms with Crippen LogP contribution < -0.4 is 0 Å². The predicted octanol–water partition coefficient (Wildman–Crippen LogP) is 4.94. The van der Waals surface area contributed by atoms with E-state index in [9.17, 15) is 21.6 Å². The number of halogens is 4. The molecule has 0 saturated carbocycles. The molecule has 0 radical (unpaired) electrons. The van der Waals surface area contributed by atoms with E-state index in [0.29, 0.717) is 7.14 Å². The van der Waals surface area contributed by atoms with Gasteiger partial charge in [0.2, 0.25) is 0 Å². The Bertz CT molecular complexity index is 810. The molecule has 8 heteroatoms. The van der Waals surface area contributed by atoms with Gasteiger partial charge in [0.1, 0.15) is 0 Å². The maximum atomic E-state index is 12.8. The number of benzene rings is 2. The van der Waals surface area contributed by atoms with E-state index in [-0.39, 0.29) is 0 Å². The van der Waals surface area contributed by atoms with Crippen LogP contribution in [0.3, 0.4) is 0 Å². The number of hydrogen-bond donors (Lipinski definition) is 0. The first-order valence-electron chi connectivity index (χ1n) is 6.87. The van der Waals surface area contributed by atoms with Crippen LogP contribution in [0.25, 0.3) is 0 Å². The van der Waals surface area contributed by atoms with Gasteiger partial charge >= 0.3 is 147 Å². The SMILES string of the molecule is Cc1cc(C)c(I(OS(=O)(=O)C(F)(F)F)c2ccccc2)c(C)c1. The molecule has 0 bridgehead atoms. The van der Waals surface area contributed by atoms with Crippen LogP contribution in [0.1, 0.15) is 16.7 Å². The van der Waals surface area contributed by atoms with Crippen molar-refractivity contribution in [1.29, 1.82) is 0 Å². The van der Waals surface area contributed by atoms with Gasteiger partial charge < -0.3 is 0 Å². The minimum absolute atomic E-state index is 0.490. The molecule has 0 amide bonds. The van der Waals surface area contributed by atoms with Crippen LogP contribution in [0.2, 0.25) is 0 Å². The Kier molecular flexibility index (Phi) is 5.61. The van der Waals surface area contributed by atoms with Gasteiger partial charge in [-0.3, -0.25) is 0 Å². The van der Waals surface area contributed by atoms with Gasteiger partial charge in [0.15, 0.2) is 0 Å². The van der Waals surface area contributed by atoms with E-state index in [1.807, 2.05) is 19.1 Å². The molecule has 0 unspecified atom stereocenters. The van der Waals surface area contributed by atoms with Crippen molar-refractivity contribution in [3.05, 3.63) is 66.3 Å². The van der Waals surface area contributed by atoms with Crippen LogP contribution in [-0.4, -0.2) is 13.9 Å². The van der Waals surface area contributed by atoms with Crippen LogP contribution in [0, 0.1) is 27.9 Å². The third kappa shape index (κ3) is 4.09. The second-order valence-corrected chi connectivity index (χ2v) is 11.5. The third-order valence-electron chi connectivity index (χ3n) is 3.11. The Balaban J connectivity index is 2.62. The molecule has 0 atom stereocenters. The standard InChI is InChI=1S/C16H16F3IO3S/c1-11-9-12(2)15(13(3)10-11)20(14-7-5-4-6-8-14)23-24(21,22)16(17,18)19/h4-10H,1-3H3. The number of alkyl halides is 3. The quantitative estimate of drug-likeness (QED) is 0.468. The number of hydrogen-bond acceptors (Lipinski definition) is 3. The molecule has 0 aliphatic heterocycles. The van der Waals surface area contributed by atoms with Crippen LogP contribution in [-0.2, 0) is 12.6 Å². The van der Waals surface area contributed by atoms with Crippen molar-refractivity contribution in [2.75, 3.05) is 0 Å². The van der Waals surface area contributed by atoms with Crippen molar-refractivity contribution < 1.29 is 24.1 Å². The van der Waals surface area contributed by atoms with Gasteiger partial charge in [0.25, 0.3) is 0 Å². The molecule has 0 fully saturated rings. The fraction of sp³-hybridized carbons (Fsp3) is 0.250. The Morgan fingerprint density at radius 2 is 1.46 bits per heavy atom. The summed E-state index contributed by atoms with van der Waals surface area (Å²) < 4.78 is 67.4. The zero-order valence-electron chi connectivity index (χ0n) is 13.2. The van der Waals surface area contributed by atoms with Crippen molar-refractivity contribution >= 4 is 30.4 Å². The van der Waals surface area contributed by atoms with Gasteiger partial charge in [-0.25, -0.2) is 0 Å². The molecule has 0 N–H and O–H groups in total. The monoisotopic (exact) mass is 472 g/mol. The first kappa shape index (κ1) is 19.2. The molecule has 2 aromatic carbocycles. The predicted molar refractivity (Wildman–Crippen MR) is 94.6 cm³/mol. The molecule has 0 aliphatic rings. The number of aryl methyl sites for hydroxylation is 3. The maximum absolute atomic E-state index is 12.8. The Morgan fingerprint density at radius 3 is 1.92 bits per heavy atom. The molecule has 24 heavy (non-hydrogen) atoms.